The van der Waals surface area contributed by atoms with E-state index in [-0.39, 0.29) is 0 Å². The first-order chi connectivity index (χ1) is 7.70. The van der Waals surface area contributed by atoms with Crippen LogP contribution in [0.2, 0.25) is 0 Å². The molecule has 0 unspecified atom stereocenters. The zero-order chi connectivity index (χ0) is 11.5. The summed E-state index contributed by atoms with van der Waals surface area (Å²) in [4.78, 5) is 15.0. The van der Waals surface area contributed by atoms with Gasteiger partial charge in [0.25, 0.3) is 0 Å². The van der Waals surface area contributed by atoms with E-state index in [2.05, 4.69) is 4.98 Å². The number of hydrogen-bond donors (Lipinski definition) is 0. The monoisotopic (exact) mass is 215 g/mol. The van der Waals surface area contributed by atoms with Crippen molar-refractivity contribution in [2.24, 2.45) is 0 Å². The van der Waals surface area contributed by atoms with Crippen LogP contribution in [0.5, 0.6) is 0 Å². The van der Waals surface area contributed by atoms with Crippen LogP contribution in [0.4, 0.5) is 4.39 Å². The van der Waals surface area contributed by atoms with Crippen molar-refractivity contribution in [3.05, 3.63) is 53.5 Å². The van der Waals surface area contributed by atoms with Gasteiger partial charge >= 0.3 is 0 Å². The van der Waals surface area contributed by atoms with Crippen LogP contribution in [-0.2, 0) is 0 Å². The zero-order valence-electron chi connectivity index (χ0n) is 8.77. The molecule has 1 heterocycles. The molecule has 2 rings (SSSR count). The molecule has 2 aromatic rings. The van der Waals surface area contributed by atoms with Crippen molar-refractivity contribution >= 4 is 6.29 Å². The van der Waals surface area contributed by atoms with Crippen molar-refractivity contribution in [1.82, 2.24) is 4.98 Å². The Hall–Kier alpha value is -2.03. The molecule has 0 spiro atoms. The topological polar surface area (TPSA) is 30.0 Å². The lowest BCUT2D eigenvalue weighted by molar-refractivity contribution is 0.112. The third kappa shape index (κ3) is 1.98. The van der Waals surface area contributed by atoms with Gasteiger partial charge in [-0.05, 0) is 42.8 Å². The molecule has 2 nitrogen and oxygen atoms in total. The molecule has 0 amide bonds. The van der Waals surface area contributed by atoms with Crippen LogP contribution in [-0.4, -0.2) is 11.3 Å². The number of aryl methyl sites for hydroxylation is 1. The molecular formula is C13H10FNO. The summed E-state index contributed by atoms with van der Waals surface area (Å²) in [5.74, 6) is -0.418. The first-order valence-electron chi connectivity index (χ1n) is 4.88. The highest BCUT2D eigenvalue weighted by Crippen LogP contribution is 2.22. The van der Waals surface area contributed by atoms with Gasteiger partial charge < -0.3 is 0 Å². The average Bonchev–Trinajstić information content (AvgIpc) is 2.28. The van der Waals surface area contributed by atoms with E-state index in [1.165, 1.54) is 12.1 Å². The van der Waals surface area contributed by atoms with Crippen molar-refractivity contribution in [2.45, 2.75) is 6.92 Å². The van der Waals surface area contributed by atoms with Crippen LogP contribution >= 0.6 is 0 Å². The molecule has 0 atom stereocenters. The minimum atomic E-state index is -0.418. The van der Waals surface area contributed by atoms with Gasteiger partial charge in [0.05, 0.1) is 5.69 Å². The average molecular weight is 215 g/mol. The van der Waals surface area contributed by atoms with Gasteiger partial charge in [-0.3, -0.25) is 9.78 Å². The number of halogens is 1. The minimum Gasteiger partial charge on any atom is -0.298 e. The molecule has 0 saturated heterocycles. The summed E-state index contributed by atoms with van der Waals surface area (Å²) in [5.41, 5.74) is 2.70. The van der Waals surface area contributed by atoms with E-state index in [1.54, 1.807) is 12.3 Å². The van der Waals surface area contributed by atoms with Gasteiger partial charge in [0, 0.05) is 17.3 Å². The fraction of sp³-hybridized carbons (Fsp3) is 0.0769. The molecule has 0 saturated carbocycles. The van der Waals surface area contributed by atoms with Gasteiger partial charge in [-0.1, -0.05) is 0 Å². The summed E-state index contributed by atoms with van der Waals surface area (Å²) in [6.45, 7) is 1.94. The molecule has 16 heavy (non-hydrogen) atoms. The molecule has 0 aliphatic rings. The second-order valence-corrected chi connectivity index (χ2v) is 3.57. The summed E-state index contributed by atoms with van der Waals surface area (Å²) in [6, 6.07) is 7.84. The Morgan fingerprint density at radius 1 is 1.25 bits per heavy atom. The molecule has 80 valence electrons. The molecular weight excluding hydrogens is 205 g/mol. The maximum Gasteiger partial charge on any atom is 0.150 e. The van der Waals surface area contributed by atoms with Crippen molar-refractivity contribution < 1.29 is 9.18 Å². The van der Waals surface area contributed by atoms with Gasteiger partial charge in [0.15, 0.2) is 6.29 Å². The number of aldehydes is 1. The normalized spacial score (nSPS) is 10.1. The van der Waals surface area contributed by atoms with E-state index in [1.807, 2.05) is 19.1 Å². The Balaban J connectivity index is 2.59. The number of hydrogen-bond acceptors (Lipinski definition) is 2. The number of rotatable bonds is 2. The molecule has 0 radical (unpaired) electrons. The quantitative estimate of drug-likeness (QED) is 0.721. The van der Waals surface area contributed by atoms with Crippen molar-refractivity contribution in [1.29, 1.82) is 0 Å². The van der Waals surface area contributed by atoms with E-state index in [0.717, 1.165) is 5.56 Å². The van der Waals surface area contributed by atoms with Gasteiger partial charge in [0.1, 0.15) is 5.82 Å². The third-order valence-electron chi connectivity index (χ3n) is 2.33. The number of benzene rings is 1. The zero-order valence-corrected chi connectivity index (χ0v) is 8.77. The van der Waals surface area contributed by atoms with Crippen LogP contribution in [0, 0.1) is 12.7 Å². The maximum absolute atomic E-state index is 12.9. The van der Waals surface area contributed by atoms with E-state index < -0.39 is 5.82 Å². The van der Waals surface area contributed by atoms with Crippen molar-refractivity contribution in [3.63, 3.8) is 0 Å². The van der Waals surface area contributed by atoms with Gasteiger partial charge in [-0.15, -0.1) is 0 Å². The van der Waals surface area contributed by atoms with E-state index >= 15 is 0 Å². The molecule has 0 N–H and O–H groups in total. The molecule has 0 aliphatic carbocycles. The molecule has 3 heteroatoms. The number of nitrogens with zero attached hydrogens (tertiary/aromatic N) is 1. The second-order valence-electron chi connectivity index (χ2n) is 3.57. The number of carbonyl (C=O) groups is 1. The van der Waals surface area contributed by atoms with Gasteiger partial charge in [-0.2, -0.15) is 0 Å². The van der Waals surface area contributed by atoms with Gasteiger partial charge in [0.2, 0.25) is 0 Å². The Labute approximate surface area is 92.8 Å². The van der Waals surface area contributed by atoms with E-state index in [0.29, 0.717) is 23.1 Å². The van der Waals surface area contributed by atoms with Gasteiger partial charge in [-0.25, -0.2) is 4.39 Å². The predicted octanol–water partition coefficient (Wildman–Crippen LogP) is 3.01. The Morgan fingerprint density at radius 2 is 2.06 bits per heavy atom. The van der Waals surface area contributed by atoms with Crippen LogP contribution in [0.15, 0.2) is 36.5 Å². The second kappa shape index (κ2) is 4.23. The fourth-order valence-corrected chi connectivity index (χ4v) is 1.55. The predicted molar refractivity (Wildman–Crippen MR) is 59.8 cm³/mol. The first kappa shape index (κ1) is 10.5. The Bertz CT molecular complexity index is 537. The first-order valence-corrected chi connectivity index (χ1v) is 4.88. The number of aromatic nitrogens is 1. The van der Waals surface area contributed by atoms with Crippen molar-refractivity contribution in [3.8, 4) is 11.3 Å². The van der Waals surface area contributed by atoms with Crippen molar-refractivity contribution in [2.75, 3.05) is 0 Å². The summed E-state index contributed by atoms with van der Waals surface area (Å²) in [5, 5.41) is 0. The summed E-state index contributed by atoms with van der Waals surface area (Å²) >= 11 is 0. The lowest BCUT2D eigenvalue weighted by Gasteiger charge is -2.04. The highest BCUT2D eigenvalue weighted by Gasteiger charge is 2.06. The third-order valence-corrected chi connectivity index (χ3v) is 2.33. The van der Waals surface area contributed by atoms with Crippen LogP contribution < -0.4 is 0 Å². The van der Waals surface area contributed by atoms with Crippen LogP contribution in [0.25, 0.3) is 11.3 Å². The molecule has 0 aliphatic heterocycles. The standard InChI is InChI=1S/C13H10FNO/c1-9-4-5-15-13(6-9)12-3-2-11(14)7-10(12)8-16/h2-8H,1H3. The Morgan fingerprint density at radius 3 is 2.75 bits per heavy atom. The highest BCUT2D eigenvalue weighted by atomic mass is 19.1. The fourth-order valence-electron chi connectivity index (χ4n) is 1.55. The van der Waals surface area contributed by atoms with E-state index in [9.17, 15) is 9.18 Å². The number of carbonyl (C=O) groups excluding carboxylic acids is 1. The molecule has 1 aromatic carbocycles. The SMILES string of the molecule is Cc1ccnc(-c2ccc(F)cc2C=O)c1. The number of pyridine rings is 1. The lowest BCUT2D eigenvalue weighted by Crippen LogP contribution is -1.92. The van der Waals surface area contributed by atoms with Crippen LogP contribution in [0.3, 0.4) is 0 Å². The molecule has 0 fully saturated rings. The molecule has 0 bridgehead atoms. The highest BCUT2D eigenvalue weighted by molar-refractivity contribution is 5.86. The smallest absolute Gasteiger partial charge is 0.150 e. The summed E-state index contributed by atoms with van der Waals surface area (Å²) in [7, 11) is 0. The minimum absolute atomic E-state index is 0.318. The summed E-state index contributed by atoms with van der Waals surface area (Å²) in [6.07, 6.45) is 2.31. The molecule has 1 aromatic heterocycles. The van der Waals surface area contributed by atoms with Crippen LogP contribution in [0.1, 0.15) is 15.9 Å². The van der Waals surface area contributed by atoms with E-state index in [4.69, 9.17) is 0 Å². The summed E-state index contributed by atoms with van der Waals surface area (Å²) < 4.78 is 12.9. The maximum atomic E-state index is 12.9. The largest absolute Gasteiger partial charge is 0.298 e. The lowest BCUT2D eigenvalue weighted by atomic mass is 10.0. The Kier molecular flexibility index (Phi) is 2.77.